The van der Waals surface area contributed by atoms with E-state index in [2.05, 4.69) is 5.32 Å². The summed E-state index contributed by atoms with van der Waals surface area (Å²) in [6, 6.07) is 6.56. The third kappa shape index (κ3) is 5.13. The smallest absolute Gasteiger partial charge is 0.238 e. The predicted molar refractivity (Wildman–Crippen MR) is 81.4 cm³/mol. The van der Waals surface area contributed by atoms with E-state index >= 15 is 0 Å². The first-order valence-corrected chi connectivity index (χ1v) is 8.39. The topological polar surface area (TPSA) is 63.2 Å². The standard InChI is InChI=1S/C14H20ClNO3S/c1-10(13(17)16-14(2,3)4)20(18,19)9-11-5-7-12(15)8-6-11/h5-8,10H,9H2,1-4H3,(H,16,17). The largest absolute Gasteiger partial charge is 0.350 e. The summed E-state index contributed by atoms with van der Waals surface area (Å²) in [5.41, 5.74) is 0.158. The van der Waals surface area contributed by atoms with Gasteiger partial charge in [-0.2, -0.15) is 0 Å². The number of hydrogen-bond donors (Lipinski definition) is 1. The summed E-state index contributed by atoms with van der Waals surface area (Å²) in [5.74, 6) is -0.658. The molecule has 0 bridgehead atoms. The molecule has 1 amide bonds. The Morgan fingerprint density at radius 1 is 1.25 bits per heavy atom. The highest BCUT2D eigenvalue weighted by molar-refractivity contribution is 7.92. The van der Waals surface area contributed by atoms with Crippen LogP contribution in [0.2, 0.25) is 5.02 Å². The number of benzene rings is 1. The average Bonchev–Trinajstić information content (AvgIpc) is 2.28. The molecule has 4 nitrogen and oxygen atoms in total. The first kappa shape index (κ1) is 17.0. The molecule has 6 heteroatoms. The van der Waals surface area contributed by atoms with Gasteiger partial charge in [-0.25, -0.2) is 8.42 Å². The number of hydrogen-bond acceptors (Lipinski definition) is 3. The van der Waals surface area contributed by atoms with Crippen LogP contribution in [-0.2, 0) is 20.4 Å². The Morgan fingerprint density at radius 2 is 1.75 bits per heavy atom. The van der Waals surface area contributed by atoms with E-state index in [4.69, 9.17) is 11.6 Å². The fourth-order valence-electron chi connectivity index (χ4n) is 1.57. The molecular weight excluding hydrogens is 298 g/mol. The van der Waals surface area contributed by atoms with Crippen LogP contribution in [0.4, 0.5) is 0 Å². The Bertz CT molecular complexity index is 573. The fraction of sp³-hybridized carbons (Fsp3) is 0.500. The molecular formula is C14H20ClNO3S. The minimum absolute atomic E-state index is 0.178. The highest BCUT2D eigenvalue weighted by Crippen LogP contribution is 2.15. The number of nitrogens with one attached hydrogen (secondary N) is 1. The first-order chi connectivity index (χ1) is 9.01. The lowest BCUT2D eigenvalue weighted by Crippen LogP contribution is -2.47. The van der Waals surface area contributed by atoms with E-state index in [1.165, 1.54) is 6.92 Å². The van der Waals surface area contributed by atoms with Crippen LogP contribution in [0.3, 0.4) is 0 Å². The van der Waals surface area contributed by atoms with Gasteiger partial charge in [-0.1, -0.05) is 23.7 Å². The summed E-state index contributed by atoms with van der Waals surface area (Å²) in [6.07, 6.45) is 0. The SMILES string of the molecule is CC(C(=O)NC(C)(C)C)S(=O)(=O)Cc1ccc(Cl)cc1. The number of amides is 1. The molecule has 1 N–H and O–H groups in total. The third-order valence-corrected chi connectivity index (χ3v) is 4.97. The van der Waals surface area contributed by atoms with Crippen molar-refractivity contribution < 1.29 is 13.2 Å². The lowest BCUT2D eigenvalue weighted by Gasteiger charge is -2.23. The predicted octanol–water partition coefficient (Wildman–Crippen LogP) is 2.56. The number of sulfone groups is 1. The van der Waals surface area contributed by atoms with Gasteiger partial charge in [-0.3, -0.25) is 4.79 Å². The van der Waals surface area contributed by atoms with Crippen molar-refractivity contribution in [3.8, 4) is 0 Å². The number of halogens is 1. The molecule has 112 valence electrons. The zero-order valence-corrected chi connectivity index (χ0v) is 13.7. The molecule has 0 aliphatic heterocycles. The van der Waals surface area contributed by atoms with Gasteiger partial charge in [-0.15, -0.1) is 0 Å². The van der Waals surface area contributed by atoms with Crippen LogP contribution in [0, 0.1) is 0 Å². The Labute approximate surface area is 125 Å². The molecule has 0 aliphatic carbocycles. The Kier molecular flexibility index (Phi) is 5.21. The zero-order valence-electron chi connectivity index (χ0n) is 12.1. The van der Waals surface area contributed by atoms with Crippen LogP contribution >= 0.6 is 11.6 Å². The van der Waals surface area contributed by atoms with Gasteiger partial charge in [0.05, 0.1) is 5.75 Å². The summed E-state index contributed by atoms with van der Waals surface area (Å²) in [6.45, 7) is 6.84. The van der Waals surface area contributed by atoms with Crippen LogP contribution in [0.5, 0.6) is 0 Å². The van der Waals surface area contributed by atoms with Crippen LogP contribution in [0.15, 0.2) is 24.3 Å². The molecule has 0 heterocycles. The summed E-state index contributed by atoms with van der Waals surface area (Å²) < 4.78 is 24.4. The Hall–Kier alpha value is -1.07. The van der Waals surface area contributed by atoms with Gasteiger partial charge in [0.15, 0.2) is 9.84 Å². The van der Waals surface area contributed by atoms with Gasteiger partial charge in [0.25, 0.3) is 0 Å². The van der Waals surface area contributed by atoms with E-state index in [0.717, 1.165) is 0 Å². The van der Waals surface area contributed by atoms with Gasteiger partial charge < -0.3 is 5.32 Å². The monoisotopic (exact) mass is 317 g/mol. The van der Waals surface area contributed by atoms with Crippen LogP contribution in [-0.4, -0.2) is 25.1 Å². The van der Waals surface area contributed by atoms with E-state index in [9.17, 15) is 13.2 Å². The Balaban J connectivity index is 2.82. The zero-order chi connectivity index (χ0) is 15.6. The number of rotatable bonds is 4. The van der Waals surface area contributed by atoms with Crippen LogP contribution in [0.1, 0.15) is 33.3 Å². The first-order valence-electron chi connectivity index (χ1n) is 6.29. The quantitative estimate of drug-likeness (QED) is 0.928. The fourth-order valence-corrected chi connectivity index (χ4v) is 2.99. The summed E-state index contributed by atoms with van der Waals surface area (Å²) in [5, 5.41) is 2.14. The average molecular weight is 318 g/mol. The van der Waals surface area contributed by atoms with Crippen molar-refractivity contribution >= 4 is 27.3 Å². The third-order valence-electron chi connectivity index (χ3n) is 2.69. The highest BCUT2D eigenvalue weighted by Gasteiger charge is 2.30. The van der Waals surface area contributed by atoms with Crippen LogP contribution < -0.4 is 5.32 Å². The molecule has 1 rings (SSSR count). The Morgan fingerprint density at radius 3 is 2.20 bits per heavy atom. The minimum Gasteiger partial charge on any atom is -0.350 e. The molecule has 1 unspecified atom stereocenters. The molecule has 0 fully saturated rings. The van der Waals surface area contributed by atoms with Crippen molar-refractivity contribution in [2.24, 2.45) is 0 Å². The minimum atomic E-state index is -3.55. The summed E-state index contributed by atoms with van der Waals surface area (Å²) in [4.78, 5) is 11.9. The maximum Gasteiger partial charge on any atom is 0.238 e. The molecule has 1 atom stereocenters. The number of carbonyl (C=O) groups excluding carboxylic acids is 1. The molecule has 1 aromatic carbocycles. The maximum atomic E-state index is 12.2. The van der Waals surface area contributed by atoms with Crippen molar-refractivity contribution in [1.82, 2.24) is 5.32 Å². The van der Waals surface area contributed by atoms with Crippen molar-refractivity contribution in [3.63, 3.8) is 0 Å². The van der Waals surface area contributed by atoms with E-state index in [1.54, 1.807) is 24.3 Å². The lowest BCUT2D eigenvalue weighted by molar-refractivity contribution is -0.121. The molecule has 0 aromatic heterocycles. The summed E-state index contributed by atoms with van der Waals surface area (Å²) >= 11 is 5.75. The molecule has 0 aliphatic rings. The van der Waals surface area contributed by atoms with Gasteiger partial charge in [0.2, 0.25) is 5.91 Å². The molecule has 1 aromatic rings. The highest BCUT2D eigenvalue weighted by atomic mass is 35.5. The molecule has 0 saturated carbocycles. The molecule has 0 radical (unpaired) electrons. The second-order valence-electron chi connectivity index (χ2n) is 5.82. The van der Waals surface area contributed by atoms with Crippen molar-refractivity contribution in [2.75, 3.05) is 0 Å². The maximum absolute atomic E-state index is 12.2. The molecule has 0 saturated heterocycles. The van der Waals surface area contributed by atoms with Crippen molar-refractivity contribution in [3.05, 3.63) is 34.9 Å². The van der Waals surface area contributed by atoms with Crippen LogP contribution in [0.25, 0.3) is 0 Å². The molecule has 20 heavy (non-hydrogen) atoms. The van der Waals surface area contributed by atoms with Crippen molar-refractivity contribution in [1.29, 1.82) is 0 Å². The summed E-state index contributed by atoms with van der Waals surface area (Å²) in [7, 11) is -3.55. The second kappa shape index (κ2) is 6.14. The normalized spacial score (nSPS) is 13.8. The van der Waals surface area contributed by atoms with E-state index in [0.29, 0.717) is 10.6 Å². The van der Waals surface area contributed by atoms with Gasteiger partial charge in [0.1, 0.15) is 5.25 Å². The van der Waals surface area contributed by atoms with Gasteiger partial charge in [0, 0.05) is 10.6 Å². The van der Waals surface area contributed by atoms with E-state index in [1.807, 2.05) is 20.8 Å². The molecule has 0 spiro atoms. The number of carbonyl (C=O) groups is 1. The lowest BCUT2D eigenvalue weighted by atomic mass is 10.1. The van der Waals surface area contributed by atoms with Gasteiger partial charge in [-0.05, 0) is 45.4 Å². The van der Waals surface area contributed by atoms with Gasteiger partial charge >= 0.3 is 0 Å². The van der Waals surface area contributed by atoms with E-state index < -0.39 is 26.5 Å². The van der Waals surface area contributed by atoms with E-state index in [-0.39, 0.29) is 5.75 Å². The van der Waals surface area contributed by atoms with Crippen molar-refractivity contribution in [2.45, 2.75) is 44.2 Å². The second-order valence-corrected chi connectivity index (χ2v) is 8.57.